The topological polar surface area (TPSA) is 12.4 Å². The first-order valence-electron chi connectivity index (χ1n) is 6.66. The Morgan fingerprint density at radius 1 is 1.22 bits per heavy atom. The monoisotopic (exact) mass is 241 g/mol. The van der Waals surface area contributed by atoms with Gasteiger partial charge in [0.15, 0.2) is 0 Å². The van der Waals surface area contributed by atoms with Crippen molar-refractivity contribution in [1.29, 1.82) is 0 Å². The van der Waals surface area contributed by atoms with E-state index in [0.29, 0.717) is 0 Å². The predicted octanol–water partition coefficient (Wildman–Crippen LogP) is 4.45. The largest absolute Gasteiger partial charge is 0.287 e. The molecule has 0 aliphatic carbocycles. The number of hydrogen-bond donors (Lipinski definition) is 0. The molecule has 0 saturated heterocycles. The molecule has 0 amide bonds. The molecule has 0 unspecified atom stereocenters. The van der Waals surface area contributed by atoms with Gasteiger partial charge in [0.2, 0.25) is 0 Å². The molecule has 96 valence electrons. The van der Waals surface area contributed by atoms with Crippen LogP contribution in [0.3, 0.4) is 0 Å². The Morgan fingerprint density at radius 2 is 1.94 bits per heavy atom. The molecule has 1 aromatic rings. The maximum absolute atomic E-state index is 4.54. The minimum Gasteiger partial charge on any atom is -0.287 e. The summed E-state index contributed by atoms with van der Waals surface area (Å²) in [7, 11) is 0. The second-order valence-electron chi connectivity index (χ2n) is 5.42. The molecule has 0 heterocycles. The summed E-state index contributed by atoms with van der Waals surface area (Å²) in [5.41, 5.74) is 2.14. The number of aliphatic imine (C=N–C) groups is 1. The van der Waals surface area contributed by atoms with Crippen molar-refractivity contribution in [2.24, 2.45) is 4.99 Å². The van der Waals surface area contributed by atoms with Gasteiger partial charge in [0, 0.05) is 23.8 Å². The average Bonchev–Trinajstić information content (AvgIpc) is 2.32. The Kier molecular flexibility index (Phi) is 5.65. The van der Waals surface area contributed by atoms with E-state index in [1.54, 1.807) is 0 Å². The smallest absolute Gasteiger partial charge is 0.0524 e. The first-order chi connectivity index (χ1) is 8.53. The predicted molar refractivity (Wildman–Crippen MR) is 80.2 cm³/mol. The Labute approximate surface area is 111 Å². The van der Waals surface area contributed by atoms with Crippen molar-refractivity contribution >= 4 is 6.21 Å². The molecule has 0 saturated carbocycles. The van der Waals surface area contributed by atoms with Gasteiger partial charge >= 0.3 is 0 Å². The van der Waals surface area contributed by atoms with Gasteiger partial charge in [0.05, 0.1) is 5.54 Å². The maximum Gasteiger partial charge on any atom is 0.0524 e. The van der Waals surface area contributed by atoms with Crippen molar-refractivity contribution in [3.63, 3.8) is 0 Å². The lowest BCUT2D eigenvalue weighted by atomic mass is 10.1. The Bertz CT molecular complexity index is 452. The fraction of sp³-hybridized carbons (Fsp3) is 0.471. The highest BCUT2D eigenvalue weighted by Gasteiger charge is 2.05. The summed E-state index contributed by atoms with van der Waals surface area (Å²) >= 11 is 0. The van der Waals surface area contributed by atoms with Crippen LogP contribution in [-0.2, 0) is 0 Å². The Morgan fingerprint density at radius 3 is 2.61 bits per heavy atom. The summed E-state index contributed by atoms with van der Waals surface area (Å²) < 4.78 is 0. The molecular formula is C17H23N. The molecule has 1 aromatic carbocycles. The van der Waals surface area contributed by atoms with Gasteiger partial charge < -0.3 is 0 Å². The number of benzene rings is 1. The van der Waals surface area contributed by atoms with E-state index in [1.807, 2.05) is 18.3 Å². The van der Waals surface area contributed by atoms with Gasteiger partial charge in [-0.25, -0.2) is 0 Å². The molecule has 0 spiro atoms. The molecule has 18 heavy (non-hydrogen) atoms. The van der Waals surface area contributed by atoms with Crippen LogP contribution in [0.5, 0.6) is 0 Å². The molecule has 1 nitrogen and oxygen atoms in total. The van der Waals surface area contributed by atoms with Gasteiger partial charge in [-0.1, -0.05) is 43.4 Å². The first kappa shape index (κ1) is 14.5. The van der Waals surface area contributed by atoms with Crippen molar-refractivity contribution in [2.75, 3.05) is 0 Å². The van der Waals surface area contributed by atoms with Gasteiger partial charge in [-0.3, -0.25) is 4.99 Å². The molecule has 0 N–H and O–H groups in total. The summed E-state index contributed by atoms with van der Waals surface area (Å²) in [5, 5.41) is 0. The zero-order valence-electron chi connectivity index (χ0n) is 12.0. The van der Waals surface area contributed by atoms with Crippen LogP contribution in [0.1, 0.15) is 58.1 Å². The molecule has 0 aliphatic heterocycles. The lowest BCUT2D eigenvalue weighted by molar-refractivity contribution is 0.586. The van der Waals surface area contributed by atoms with E-state index in [0.717, 1.165) is 17.5 Å². The standard InChI is InChI=1S/C17H23N/c1-5-6-7-8-11-15-12-9-10-13-16(15)14-18-17(2,3)4/h9-10,12-14H,5-7H2,1-4H3. The summed E-state index contributed by atoms with van der Waals surface area (Å²) in [6.07, 6.45) is 5.28. The second-order valence-corrected chi connectivity index (χ2v) is 5.42. The third-order valence-electron chi connectivity index (χ3n) is 2.43. The van der Waals surface area contributed by atoms with Crippen LogP contribution in [0, 0.1) is 11.8 Å². The maximum atomic E-state index is 4.54. The Balaban J connectivity index is 2.85. The first-order valence-corrected chi connectivity index (χ1v) is 6.66. The van der Waals surface area contributed by atoms with E-state index >= 15 is 0 Å². The molecule has 0 aromatic heterocycles. The number of rotatable bonds is 3. The van der Waals surface area contributed by atoms with Crippen LogP contribution in [0.25, 0.3) is 0 Å². The fourth-order valence-corrected chi connectivity index (χ4v) is 1.41. The SMILES string of the molecule is CCCCC#Cc1ccccc1C=NC(C)(C)C. The van der Waals surface area contributed by atoms with Crippen molar-refractivity contribution < 1.29 is 0 Å². The average molecular weight is 241 g/mol. The van der Waals surface area contributed by atoms with Gasteiger partial charge in [-0.2, -0.15) is 0 Å². The van der Waals surface area contributed by atoms with E-state index < -0.39 is 0 Å². The normalized spacial score (nSPS) is 11.3. The van der Waals surface area contributed by atoms with Crippen LogP contribution in [0.15, 0.2) is 29.3 Å². The van der Waals surface area contributed by atoms with Gasteiger partial charge in [-0.05, 0) is 33.3 Å². The van der Waals surface area contributed by atoms with Gasteiger partial charge in [-0.15, -0.1) is 0 Å². The zero-order valence-corrected chi connectivity index (χ0v) is 12.0. The van der Waals surface area contributed by atoms with Gasteiger partial charge in [0.1, 0.15) is 0 Å². The van der Waals surface area contributed by atoms with Crippen LogP contribution < -0.4 is 0 Å². The molecule has 0 atom stereocenters. The molecular weight excluding hydrogens is 218 g/mol. The number of nitrogens with zero attached hydrogens (tertiary/aromatic N) is 1. The van der Waals surface area contributed by atoms with Crippen molar-refractivity contribution in [3.8, 4) is 11.8 Å². The van der Waals surface area contributed by atoms with Crippen molar-refractivity contribution in [3.05, 3.63) is 35.4 Å². The number of unbranched alkanes of at least 4 members (excludes halogenated alkanes) is 2. The molecule has 1 rings (SSSR count). The summed E-state index contributed by atoms with van der Waals surface area (Å²) in [6.45, 7) is 8.47. The van der Waals surface area contributed by atoms with E-state index in [9.17, 15) is 0 Å². The van der Waals surface area contributed by atoms with Crippen LogP contribution in [-0.4, -0.2) is 11.8 Å². The fourth-order valence-electron chi connectivity index (χ4n) is 1.41. The lowest BCUT2D eigenvalue weighted by Gasteiger charge is -2.11. The molecule has 0 aliphatic rings. The minimum absolute atomic E-state index is 0.0389. The highest BCUT2D eigenvalue weighted by Crippen LogP contribution is 2.09. The summed E-state index contributed by atoms with van der Waals surface area (Å²) in [6, 6.07) is 8.18. The second kappa shape index (κ2) is 7.01. The van der Waals surface area contributed by atoms with E-state index in [-0.39, 0.29) is 5.54 Å². The minimum atomic E-state index is -0.0389. The quantitative estimate of drug-likeness (QED) is 0.421. The number of hydrogen-bond acceptors (Lipinski definition) is 1. The van der Waals surface area contributed by atoms with Crippen LogP contribution >= 0.6 is 0 Å². The lowest BCUT2D eigenvalue weighted by Crippen LogP contribution is -2.09. The van der Waals surface area contributed by atoms with E-state index in [4.69, 9.17) is 0 Å². The zero-order chi connectivity index (χ0) is 13.4. The third kappa shape index (κ3) is 5.68. The van der Waals surface area contributed by atoms with Crippen molar-refractivity contribution in [1.82, 2.24) is 0 Å². The molecule has 1 heteroatoms. The molecule has 0 fully saturated rings. The third-order valence-corrected chi connectivity index (χ3v) is 2.43. The van der Waals surface area contributed by atoms with Crippen LogP contribution in [0.4, 0.5) is 0 Å². The molecule has 0 radical (unpaired) electrons. The van der Waals surface area contributed by atoms with Crippen LogP contribution in [0.2, 0.25) is 0 Å². The van der Waals surface area contributed by atoms with E-state index in [1.165, 1.54) is 12.8 Å². The highest BCUT2D eigenvalue weighted by atomic mass is 14.8. The summed E-state index contributed by atoms with van der Waals surface area (Å²) in [4.78, 5) is 4.54. The van der Waals surface area contributed by atoms with E-state index in [2.05, 4.69) is 56.7 Å². The molecule has 0 bridgehead atoms. The summed E-state index contributed by atoms with van der Waals surface area (Å²) in [5.74, 6) is 6.47. The highest BCUT2D eigenvalue weighted by molar-refractivity contribution is 5.83. The Hall–Kier alpha value is -1.55. The van der Waals surface area contributed by atoms with Gasteiger partial charge in [0.25, 0.3) is 0 Å². The van der Waals surface area contributed by atoms with Crippen molar-refractivity contribution in [2.45, 2.75) is 52.5 Å².